The molecule has 1 aliphatic heterocycles. The van der Waals surface area contributed by atoms with E-state index in [4.69, 9.17) is 19.0 Å². The summed E-state index contributed by atoms with van der Waals surface area (Å²) in [7, 11) is 1.54. The number of aromatic nitrogens is 6. The molecule has 0 N–H and O–H groups in total. The van der Waals surface area contributed by atoms with Gasteiger partial charge in [0.15, 0.2) is 17.1 Å². The predicted octanol–water partition coefficient (Wildman–Crippen LogP) is 2.30. The zero-order valence-corrected chi connectivity index (χ0v) is 17.8. The summed E-state index contributed by atoms with van der Waals surface area (Å²) in [6.45, 7) is 5.27. The normalized spacial score (nSPS) is 14.3. The van der Waals surface area contributed by atoms with Crippen molar-refractivity contribution in [3.05, 3.63) is 47.0 Å². The van der Waals surface area contributed by atoms with Gasteiger partial charge in [0.05, 0.1) is 30.6 Å². The maximum atomic E-state index is 9.17. The largest absolute Gasteiger partial charge is 0.491 e. The van der Waals surface area contributed by atoms with Crippen molar-refractivity contribution < 1.29 is 14.0 Å². The molecule has 1 atom stereocenters. The summed E-state index contributed by atoms with van der Waals surface area (Å²) >= 11 is 0. The van der Waals surface area contributed by atoms with Crippen LogP contribution in [0.3, 0.4) is 0 Å². The molecule has 0 saturated carbocycles. The van der Waals surface area contributed by atoms with Crippen molar-refractivity contribution in [2.75, 3.05) is 7.11 Å². The first-order valence-electron chi connectivity index (χ1n) is 10.0. The number of fused-ring (bicyclic) bond motifs is 2. The maximum Gasteiger partial charge on any atom is 0.275 e. The average Bonchev–Trinajstić information content (AvgIpc) is 3.53. The zero-order chi connectivity index (χ0) is 22.2. The summed E-state index contributed by atoms with van der Waals surface area (Å²) in [5.74, 6) is 1.81. The first kappa shape index (κ1) is 19.9. The van der Waals surface area contributed by atoms with Crippen LogP contribution in [0.2, 0.25) is 0 Å². The number of pyridine rings is 1. The van der Waals surface area contributed by atoms with Crippen molar-refractivity contribution in [1.29, 1.82) is 5.26 Å². The van der Waals surface area contributed by atoms with E-state index in [0.29, 0.717) is 35.2 Å². The van der Waals surface area contributed by atoms with Gasteiger partial charge in [0.25, 0.3) is 5.88 Å². The highest BCUT2D eigenvalue weighted by molar-refractivity contribution is 5.56. The minimum absolute atomic E-state index is 0.157. The number of methoxy groups -OCH3 is 1. The van der Waals surface area contributed by atoms with Gasteiger partial charge in [-0.15, -0.1) is 15.3 Å². The van der Waals surface area contributed by atoms with Gasteiger partial charge < -0.3 is 14.0 Å². The Morgan fingerprint density at radius 1 is 1.25 bits per heavy atom. The van der Waals surface area contributed by atoms with Crippen LogP contribution in [0.5, 0.6) is 11.6 Å². The first-order valence-corrected chi connectivity index (χ1v) is 10.0. The Kier molecular flexibility index (Phi) is 4.91. The van der Waals surface area contributed by atoms with Crippen LogP contribution >= 0.6 is 0 Å². The Morgan fingerprint density at radius 2 is 2.12 bits per heavy atom. The molecule has 0 aromatic carbocycles. The highest BCUT2D eigenvalue weighted by atomic mass is 16.5. The number of hydrogen-bond acceptors (Lipinski definition) is 10. The first-order chi connectivity index (χ1) is 15.6. The lowest BCUT2D eigenvalue weighted by molar-refractivity contribution is 0.251. The van der Waals surface area contributed by atoms with Crippen LogP contribution in [0.25, 0.3) is 17.2 Å². The number of nitriles is 1. The van der Waals surface area contributed by atoms with Gasteiger partial charge in [-0.1, -0.05) is 11.2 Å². The van der Waals surface area contributed by atoms with Gasteiger partial charge in [-0.25, -0.2) is 0 Å². The third-order valence-electron chi connectivity index (χ3n) is 5.35. The molecule has 4 aromatic rings. The number of hydrogen-bond donors (Lipinski definition) is 0. The minimum atomic E-state index is -0.157. The lowest BCUT2D eigenvalue weighted by Crippen LogP contribution is -2.26. The van der Waals surface area contributed by atoms with Gasteiger partial charge in [-0.2, -0.15) is 9.78 Å². The molecule has 162 valence electrons. The third kappa shape index (κ3) is 3.50. The second kappa shape index (κ2) is 7.90. The Balaban J connectivity index is 1.39. The predicted molar refractivity (Wildman–Crippen MR) is 110 cm³/mol. The summed E-state index contributed by atoms with van der Waals surface area (Å²) in [5.41, 5.74) is 3.87. The van der Waals surface area contributed by atoms with Gasteiger partial charge in [-0.05, 0) is 25.5 Å². The van der Waals surface area contributed by atoms with E-state index >= 15 is 0 Å². The van der Waals surface area contributed by atoms with Gasteiger partial charge in [0, 0.05) is 25.2 Å². The van der Waals surface area contributed by atoms with Crippen molar-refractivity contribution in [3.63, 3.8) is 0 Å². The fraction of sp³-hybridized carbons (Fsp3) is 0.333. The highest BCUT2D eigenvalue weighted by Crippen LogP contribution is 2.29. The quantitative estimate of drug-likeness (QED) is 0.448. The van der Waals surface area contributed by atoms with Crippen LogP contribution in [0.4, 0.5) is 0 Å². The number of aryl methyl sites for hydroxylation is 1. The second-order valence-electron chi connectivity index (χ2n) is 7.54. The van der Waals surface area contributed by atoms with Crippen molar-refractivity contribution in [2.24, 2.45) is 0 Å². The maximum absolute atomic E-state index is 9.17. The van der Waals surface area contributed by atoms with Gasteiger partial charge in [0.1, 0.15) is 12.4 Å². The molecule has 0 radical (unpaired) electrons. The molecule has 0 bridgehead atoms. The van der Waals surface area contributed by atoms with Crippen molar-refractivity contribution >= 4 is 5.65 Å². The monoisotopic (exact) mass is 432 g/mol. The van der Waals surface area contributed by atoms with Crippen LogP contribution in [0, 0.1) is 18.3 Å². The van der Waals surface area contributed by atoms with E-state index in [1.807, 2.05) is 19.1 Å². The van der Waals surface area contributed by atoms with Crippen LogP contribution in [-0.2, 0) is 19.7 Å². The third-order valence-corrected chi connectivity index (χ3v) is 5.35. The lowest BCUT2D eigenvalue weighted by atomic mass is 10.2. The van der Waals surface area contributed by atoms with Gasteiger partial charge in [0.2, 0.25) is 5.82 Å². The summed E-state index contributed by atoms with van der Waals surface area (Å²) in [4.78, 5) is 6.80. The number of ether oxygens (including phenoxy) is 2. The average molecular weight is 432 g/mol. The van der Waals surface area contributed by atoms with E-state index in [1.165, 1.54) is 11.6 Å². The van der Waals surface area contributed by atoms with E-state index in [2.05, 4.69) is 31.4 Å². The summed E-state index contributed by atoms with van der Waals surface area (Å²) in [6.07, 6.45) is 0. The minimum Gasteiger partial charge on any atom is -0.491 e. The van der Waals surface area contributed by atoms with Crippen LogP contribution in [0.15, 0.2) is 28.8 Å². The summed E-state index contributed by atoms with van der Waals surface area (Å²) in [5, 5.41) is 26.0. The van der Waals surface area contributed by atoms with Crippen LogP contribution < -0.4 is 9.47 Å². The zero-order valence-electron chi connectivity index (χ0n) is 17.8. The van der Waals surface area contributed by atoms with Gasteiger partial charge in [-0.3, -0.25) is 9.88 Å². The Morgan fingerprint density at radius 3 is 2.88 bits per heavy atom. The number of rotatable bonds is 6. The van der Waals surface area contributed by atoms with Crippen LogP contribution in [0.1, 0.15) is 29.6 Å². The van der Waals surface area contributed by atoms with Gasteiger partial charge >= 0.3 is 0 Å². The fourth-order valence-corrected chi connectivity index (χ4v) is 3.58. The van der Waals surface area contributed by atoms with Crippen LogP contribution in [-0.4, -0.2) is 48.0 Å². The number of nitrogens with zero attached hydrogens (tertiary/aromatic N) is 8. The topological polar surface area (TPSA) is 127 Å². The van der Waals surface area contributed by atoms with E-state index in [0.717, 1.165) is 23.5 Å². The molecular weight excluding hydrogens is 412 g/mol. The summed E-state index contributed by atoms with van der Waals surface area (Å²) in [6, 6.07) is 9.53. The standard InChI is InChI=1S/C21H20N8O3/c1-12(8-22)28-9-14-4-5-15(23-17(14)10-28)11-31-21-18(30-3)7-19-24-25-20(29(19)26-21)16-6-13(2)32-27-16/h4-7,12H,9-11H2,1-3H3. The highest BCUT2D eigenvalue weighted by Gasteiger charge is 2.24. The SMILES string of the molecule is COc1cc2nnc(-c3cc(C)on3)n2nc1OCc1ccc2c(n1)CN(C(C)C#N)C2. The molecule has 0 fully saturated rings. The smallest absolute Gasteiger partial charge is 0.275 e. The molecule has 5 heterocycles. The molecule has 0 spiro atoms. The molecule has 4 aromatic heterocycles. The molecule has 1 unspecified atom stereocenters. The molecule has 32 heavy (non-hydrogen) atoms. The summed E-state index contributed by atoms with van der Waals surface area (Å²) < 4.78 is 18.1. The Bertz CT molecular complexity index is 1340. The molecule has 0 aliphatic carbocycles. The molecule has 0 saturated heterocycles. The molecular formula is C21H20N8O3. The van der Waals surface area contributed by atoms with Crippen molar-refractivity contribution in [2.45, 2.75) is 39.6 Å². The van der Waals surface area contributed by atoms with Crippen molar-refractivity contribution in [1.82, 2.24) is 34.9 Å². The molecule has 11 heteroatoms. The molecule has 0 amide bonds. The van der Waals surface area contributed by atoms with E-state index in [1.54, 1.807) is 19.1 Å². The van der Waals surface area contributed by atoms with E-state index in [9.17, 15) is 5.26 Å². The van der Waals surface area contributed by atoms with E-state index in [-0.39, 0.29) is 18.5 Å². The Labute approximate surface area is 183 Å². The van der Waals surface area contributed by atoms with E-state index < -0.39 is 0 Å². The lowest BCUT2D eigenvalue weighted by Gasteiger charge is -2.16. The Hall–Kier alpha value is -4.04. The second-order valence-corrected chi connectivity index (χ2v) is 7.54. The fourth-order valence-electron chi connectivity index (χ4n) is 3.58. The molecule has 1 aliphatic rings. The van der Waals surface area contributed by atoms with Crippen molar-refractivity contribution in [3.8, 4) is 29.2 Å². The molecule has 5 rings (SSSR count). The molecule has 11 nitrogen and oxygen atoms in total.